The lowest BCUT2D eigenvalue weighted by molar-refractivity contribution is 0.798. The van der Waals surface area contributed by atoms with Crippen molar-refractivity contribution >= 4 is 17.8 Å². The van der Waals surface area contributed by atoms with Crippen LogP contribution in [-0.2, 0) is 0 Å². The van der Waals surface area contributed by atoms with E-state index in [1.807, 2.05) is 11.8 Å². The quantitative estimate of drug-likeness (QED) is 0.665. The molecular weight excluding hydrogens is 260 g/mol. The number of hydrogen-bond donors (Lipinski definition) is 0. The molecule has 0 aliphatic rings. The molecule has 0 saturated heterocycles. The van der Waals surface area contributed by atoms with Gasteiger partial charge in [0.2, 0.25) is 0 Å². The first-order valence-corrected chi connectivity index (χ1v) is 7.88. The van der Waals surface area contributed by atoms with E-state index in [0.717, 1.165) is 0 Å². The fraction of sp³-hybridized carbons (Fsp3) is 0.263. The summed E-state index contributed by atoms with van der Waals surface area (Å²) in [5.74, 6) is 0. The Kier molecular flexibility index (Phi) is 5.08. The highest BCUT2D eigenvalue weighted by atomic mass is 32.2. The van der Waals surface area contributed by atoms with Crippen LogP contribution in [0.25, 0.3) is 6.08 Å². The Morgan fingerprint density at radius 1 is 0.850 bits per heavy atom. The van der Waals surface area contributed by atoms with Gasteiger partial charge in [-0.1, -0.05) is 93.6 Å². The third-order valence-corrected chi connectivity index (χ3v) is 4.26. The van der Waals surface area contributed by atoms with Gasteiger partial charge in [-0.3, -0.25) is 0 Å². The summed E-state index contributed by atoms with van der Waals surface area (Å²) in [5, 5.41) is 0.386. The third kappa shape index (κ3) is 4.90. The molecule has 0 amide bonds. The number of thioether (sulfide) groups is 1. The van der Waals surface area contributed by atoms with Crippen LogP contribution in [-0.4, -0.2) is 4.75 Å². The number of hydrogen-bond acceptors (Lipinski definition) is 1. The van der Waals surface area contributed by atoms with Crippen molar-refractivity contribution < 1.29 is 0 Å². The monoisotopic (exact) mass is 282 g/mol. The van der Waals surface area contributed by atoms with Crippen molar-refractivity contribution in [3.8, 4) is 0 Å². The van der Waals surface area contributed by atoms with Crippen LogP contribution < -0.4 is 0 Å². The lowest BCUT2D eigenvalue weighted by atomic mass is 10.1. The topological polar surface area (TPSA) is 0 Å². The summed E-state index contributed by atoms with van der Waals surface area (Å²) in [6, 6.07) is 21.2. The van der Waals surface area contributed by atoms with Gasteiger partial charge in [0, 0.05) is 10.00 Å². The van der Waals surface area contributed by atoms with Crippen LogP contribution in [0.4, 0.5) is 0 Å². The minimum Gasteiger partial charge on any atom is -0.144 e. The van der Waals surface area contributed by atoms with Gasteiger partial charge in [0.25, 0.3) is 0 Å². The van der Waals surface area contributed by atoms with Crippen LogP contribution >= 0.6 is 11.8 Å². The van der Waals surface area contributed by atoms with Crippen LogP contribution in [0.2, 0.25) is 0 Å². The summed E-state index contributed by atoms with van der Waals surface area (Å²) in [4.78, 5) is 0. The first-order chi connectivity index (χ1) is 9.54. The van der Waals surface area contributed by atoms with E-state index in [1.165, 1.54) is 11.1 Å². The maximum Gasteiger partial charge on any atom is 0.0485 e. The van der Waals surface area contributed by atoms with E-state index in [0.29, 0.717) is 5.25 Å². The normalized spacial score (nSPS) is 13.6. The van der Waals surface area contributed by atoms with E-state index in [2.05, 4.69) is 93.6 Å². The molecule has 0 aromatic heterocycles. The molecule has 0 heterocycles. The second-order valence-corrected chi connectivity index (χ2v) is 7.80. The molecule has 0 aliphatic carbocycles. The van der Waals surface area contributed by atoms with E-state index in [4.69, 9.17) is 0 Å². The predicted octanol–water partition coefficient (Wildman–Crippen LogP) is 5.97. The molecule has 0 bridgehead atoms. The SMILES string of the molecule is CC(C)(C)S[C@H](/C=C/c1ccccc1)c1ccccc1. The van der Waals surface area contributed by atoms with Crippen LogP contribution in [0.3, 0.4) is 0 Å². The largest absolute Gasteiger partial charge is 0.144 e. The zero-order chi connectivity index (χ0) is 14.4. The highest BCUT2D eigenvalue weighted by Gasteiger charge is 2.18. The minimum absolute atomic E-state index is 0.238. The van der Waals surface area contributed by atoms with Gasteiger partial charge in [0.05, 0.1) is 0 Å². The van der Waals surface area contributed by atoms with Gasteiger partial charge >= 0.3 is 0 Å². The third-order valence-electron chi connectivity index (χ3n) is 2.87. The first-order valence-electron chi connectivity index (χ1n) is 7.01. The average Bonchev–Trinajstić information content (AvgIpc) is 2.44. The van der Waals surface area contributed by atoms with Crippen LogP contribution in [0.1, 0.15) is 37.1 Å². The van der Waals surface area contributed by atoms with Gasteiger partial charge in [0.1, 0.15) is 0 Å². The summed E-state index contributed by atoms with van der Waals surface area (Å²) in [6.07, 6.45) is 4.52. The number of benzene rings is 2. The van der Waals surface area contributed by atoms with E-state index in [9.17, 15) is 0 Å². The van der Waals surface area contributed by atoms with Gasteiger partial charge in [-0.2, -0.15) is 0 Å². The molecule has 104 valence electrons. The molecule has 2 aromatic rings. The highest BCUT2D eigenvalue weighted by molar-refractivity contribution is 8.01. The molecule has 0 saturated carbocycles. The summed E-state index contributed by atoms with van der Waals surface area (Å²) in [7, 11) is 0. The molecule has 0 N–H and O–H groups in total. The smallest absolute Gasteiger partial charge is 0.0485 e. The second kappa shape index (κ2) is 6.81. The predicted molar refractivity (Wildman–Crippen MR) is 92.0 cm³/mol. The zero-order valence-electron chi connectivity index (χ0n) is 12.4. The number of rotatable bonds is 4. The Bertz CT molecular complexity index is 535. The van der Waals surface area contributed by atoms with Crippen molar-refractivity contribution in [1.82, 2.24) is 0 Å². The molecule has 0 unspecified atom stereocenters. The lowest BCUT2D eigenvalue weighted by Gasteiger charge is -2.24. The van der Waals surface area contributed by atoms with Gasteiger partial charge in [-0.25, -0.2) is 0 Å². The molecule has 20 heavy (non-hydrogen) atoms. The molecular formula is C19H22S. The Morgan fingerprint density at radius 3 is 1.95 bits per heavy atom. The van der Waals surface area contributed by atoms with Crippen molar-refractivity contribution in [2.75, 3.05) is 0 Å². The van der Waals surface area contributed by atoms with Crippen LogP contribution in [0.15, 0.2) is 66.7 Å². The molecule has 0 fully saturated rings. The Balaban J connectivity index is 2.21. The lowest BCUT2D eigenvalue weighted by Crippen LogP contribution is -2.10. The molecule has 1 heteroatoms. The second-order valence-electron chi connectivity index (χ2n) is 5.83. The summed E-state index contributed by atoms with van der Waals surface area (Å²) < 4.78 is 0.238. The van der Waals surface area contributed by atoms with Gasteiger partial charge in [-0.05, 0) is 11.1 Å². The van der Waals surface area contributed by atoms with E-state index in [1.54, 1.807) is 0 Å². The minimum atomic E-state index is 0.238. The summed E-state index contributed by atoms with van der Waals surface area (Å²) >= 11 is 1.99. The van der Waals surface area contributed by atoms with Crippen molar-refractivity contribution in [1.29, 1.82) is 0 Å². The molecule has 0 radical (unpaired) electrons. The first kappa shape index (κ1) is 14.9. The van der Waals surface area contributed by atoms with Crippen molar-refractivity contribution in [3.05, 3.63) is 77.9 Å². The Morgan fingerprint density at radius 2 is 1.40 bits per heavy atom. The van der Waals surface area contributed by atoms with E-state index in [-0.39, 0.29) is 4.75 Å². The average molecular weight is 282 g/mol. The molecule has 0 nitrogen and oxygen atoms in total. The molecule has 0 spiro atoms. The van der Waals surface area contributed by atoms with Crippen LogP contribution in [0, 0.1) is 0 Å². The molecule has 1 atom stereocenters. The maximum atomic E-state index is 2.31. The molecule has 2 aromatic carbocycles. The van der Waals surface area contributed by atoms with Crippen molar-refractivity contribution in [2.24, 2.45) is 0 Å². The van der Waals surface area contributed by atoms with Crippen LogP contribution in [0.5, 0.6) is 0 Å². The fourth-order valence-corrected chi connectivity index (χ4v) is 3.22. The summed E-state index contributed by atoms with van der Waals surface area (Å²) in [5.41, 5.74) is 2.61. The summed E-state index contributed by atoms with van der Waals surface area (Å²) in [6.45, 7) is 6.80. The van der Waals surface area contributed by atoms with E-state index < -0.39 is 0 Å². The molecule has 0 aliphatic heterocycles. The highest BCUT2D eigenvalue weighted by Crippen LogP contribution is 2.39. The standard InChI is InChI=1S/C19H22S/c1-19(2,3)20-18(17-12-8-5-9-13-17)15-14-16-10-6-4-7-11-16/h4-15,18H,1-3H3/b15-14+/t18-/m1/s1. The Labute approximate surface area is 126 Å². The Hall–Kier alpha value is -1.47. The van der Waals surface area contributed by atoms with Gasteiger partial charge < -0.3 is 0 Å². The van der Waals surface area contributed by atoms with Crippen molar-refractivity contribution in [2.45, 2.75) is 30.8 Å². The maximum absolute atomic E-state index is 2.31. The van der Waals surface area contributed by atoms with Crippen molar-refractivity contribution in [3.63, 3.8) is 0 Å². The fourth-order valence-electron chi connectivity index (χ4n) is 2.00. The molecule has 2 rings (SSSR count). The van der Waals surface area contributed by atoms with E-state index >= 15 is 0 Å². The van der Waals surface area contributed by atoms with Gasteiger partial charge in [-0.15, -0.1) is 11.8 Å². The van der Waals surface area contributed by atoms with Gasteiger partial charge in [0.15, 0.2) is 0 Å². The zero-order valence-corrected chi connectivity index (χ0v) is 13.2.